The van der Waals surface area contributed by atoms with Crippen molar-refractivity contribution < 1.29 is 62.4 Å². The van der Waals surface area contributed by atoms with Crippen LogP contribution in [0.4, 0.5) is 0 Å². The third kappa shape index (κ3) is 6.89. The first kappa shape index (κ1) is 34.8. The van der Waals surface area contributed by atoms with Gasteiger partial charge in [0.05, 0.1) is 0 Å². The van der Waals surface area contributed by atoms with Gasteiger partial charge >= 0.3 is 226 Å². The van der Waals surface area contributed by atoms with Crippen LogP contribution in [0.1, 0.15) is 48.6 Å². The Morgan fingerprint density at radius 2 is 1.16 bits per heavy atom. The number of rotatable bonds is 6. The van der Waals surface area contributed by atoms with Gasteiger partial charge in [0.25, 0.3) is 0 Å². The largest absolute Gasteiger partial charge is 1.00 e. The quantitative estimate of drug-likeness (QED) is 0.285. The van der Waals surface area contributed by atoms with Crippen LogP contribution in [0.2, 0.25) is 9.76 Å². The predicted molar refractivity (Wildman–Crippen MR) is 150 cm³/mol. The Labute approximate surface area is 261 Å². The molecule has 1 atom stereocenters. The molecule has 200 valence electrons. The molecule has 0 bridgehead atoms. The van der Waals surface area contributed by atoms with Gasteiger partial charge < -0.3 is 37.2 Å². The molecular weight excluding hydrogens is 583 g/mol. The number of hydrogen-bond acceptors (Lipinski definition) is 1. The summed E-state index contributed by atoms with van der Waals surface area (Å²) < 4.78 is 5.60. The van der Waals surface area contributed by atoms with Crippen LogP contribution in [-0.2, 0) is 20.4 Å². The van der Waals surface area contributed by atoms with Gasteiger partial charge in [-0.05, 0) is 0 Å². The summed E-state index contributed by atoms with van der Waals surface area (Å²) in [4.78, 5) is 0. The van der Waals surface area contributed by atoms with E-state index in [2.05, 4.69) is 123 Å². The molecule has 0 fully saturated rings. The molecule has 0 radical (unpaired) electrons. The Morgan fingerprint density at radius 1 is 0.684 bits per heavy atom. The molecule has 0 heterocycles. The molecule has 0 aliphatic heterocycles. The molecule has 0 saturated carbocycles. The summed E-state index contributed by atoms with van der Waals surface area (Å²) in [6.45, 7) is 15.9. The Hall–Kier alpha value is -1.26. The van der Waals surface area contributed by atoms with Crippen molar-refractivity contribution in [3.8, 4) is 5.75 Å². The van der Waals surface area contributed by atoms with Crippen molar-refractivity contribution in [3.63, 3.8) is 0 Å². The Balaban J connectivity index is 0.00000241. The summed E-state index contributed by atoms with van der Waals surface area (Å²) in [6.07, 6.45) is 0. The van der Waals surface area contributed by atoms with Crippen LogP contribution >= 0.6 is 0 Å². The van der Waals surface area contributed by atoms with E-state index >= 15 is 0 Å². The molecule has 6 heteroatoms. The number of methoxy groups -OCH3 is 1. The molecule has 0 N–H and O–H groups in total. The first-order chi connectivity index (χ1) is 16.5. The molecule has 0 amide bonds. The van der Waals surface area contributed by atoms with Crippen molar-refractivity contribution in [2.24, 2.45) is 0 Å². The van der Waals surface area contributed by atoms with Gasteiger partial charge in [0.2, 0.25) is 0 Å². The van der Waals surface area contributed by atoms with Gasteiger partial charge in [-0.2, -0.15) is 0 Å². The summed E-state index contributed by atoms with van der Waals surface area (Å²) in [5.41, 5.74) is 12.6. The van der Waals surface area contributed by atoms with Gasteiger partial charge in [-0.1, -0.05) is 0 Å². The van der Waals surface area contributed by atoms with Gasteiger partial charge in [-0.25, -0.2) is 0 Å². The Bertz CT molecular complexity index is 1270. The van der Waals surface area contributed by atoms with Gasteiger partial charge in [0.15, 0.2) is 0 Å². The topological polar surface area (TPSA) is 9.23 Å². The van der Waals surface area contributed by atoms with Crippen molar-refractivity contribution in [1.29, 1.82) is 0 Å². The smallest absolute Gasteiger partial charge is 1.00 e. The van der Waals surface area contributed by atoms with E-state index in [1.54, 1.807) is 17.5 Å². The van der Waals surface area contributed by atoms with E-state index in [4.69, 9.17) is 4.74 Å². The fourth-order valence-corrected chi connectivity index (χ4v) is 11.6. The van der Waals surface area contributed by atoms with E-state index in [9.17, 15) is 0 Å². The molecule has 3 aromatic carbocycles. The van der Waals surface area contributed by atoms with E-state index in [0.29, 0.717) is 0 Å². The molecule has 38 heavy (non-hydrogen) atoms. The summed E-state index contributed by atoms with van der Waals surface area (Å²) in [5, 5.41) is 3.10. The SMILES string of the molecule is COc1cccc(C2=C(C)C(C)=C(C)[C]2([Ti+3])C[SiH](c2cc(C)cc(C)c2)c2cc(C)cc(C)c2)c1.[Cl-].[Cl-].[Cl-]. The van der Waals surface area contributed by atoms with Crippen LogP contribution in [0.25, 0.3) is 5.57 Å². The number of hydrogen-bond donors (Lipinski definition) is 0. The molecule has 0 aromatic heterocycles. The van der Waals surface area contributed by atoms with E-state index in [1.807, 2.05) is 6.07 Å². The summed E-state index contributed by atoms with van der Waals surface area (Å²) in [7, 11) is 0.199. The molecule has 0 saturated heterocycles. The average molecular weight is 620 g/mol. The first-order valence-electron chi connectivity index (χ1n) is 12.5. The van der Waals surface area contributed by atoms with E-state index < -0.39 is 8.80 Å². The number of allylic oxidation sites excluding steroid dienone is 4. The van der Waals surface area contributed by atoms with Crippen LogP contribution in [0.3, 0.4) is 0 Å². The van der Waals surface area contributed by atoms with E-state index in [0.717, 1.165) is 11.8 Å². The van der Waals surface area contributed by atoms with Crippen LogP contribution in [0.5, 0.6) is 5.75 Å². The van der Waals surface area contributed by atoms with Crippen molar-refractivity contribution in [2.45, 2.75) is 58.2 Å². The summed E-state index contributed by atoms with van der Waals surface area (Å²) in [6, 6.07) is 24.2. The number of benzene rings is 3. The minimum atomic E-state index is -1.56. The van der Waals surface area contributed by atoms with Crippen LogP contribution in [-0.4, -0.2) is 15.9 Å². The van der Waals surface area contributed by atoms with E-state index in [1.165, 1.54) is 50.1 Å². The third-order valence-electron chi connectivity index (χ3n) is 7.73. The molecule has 0 spiro atoms. The number of aryl methyl sites for hydroxylation is 4. The van der Waals surface area contributed by atoms with Crippen molar-refractivity contribution in [1.82, 2.24) is 0 Å². The number of ether oxygens (including phenoxy) is 1. The minimum Gasteiger partial charge on any atom is -1.00 e. The zero-order chi connectivity index (χ0) is 25.5. The Kier molecular flexibility index (Phi) is 12.7. The maximum absolute atomic E-state index is 5.62. The molecule has 1 aliphatic rings. The molecule has 1 unspecified atom stereocenters. The average Bonchev–Trinajstić information content (AvgIpc) is 2.96. The fraction of sp³-hybridized carbons (Fsp3) is 0.312. The normalized spacial score (nSPS) is 16.7. The predicted octanol–water partition coefficient (Wildman–Crippen LogP) is -2.19. The van der Waals surface area contributed by atoms with Gasteiger partial charge in [0.1, 0.15) is 0 Å². The standard InChI is InChI=1S/C32H37OSi.3ClH.Ti/c1-20-12-21(2)15-29(14-20)34(30-16-22(3)13-23(4)17-30)19-31-25(6)24(5)26(7)32(31)27-10-9-11-28(18-27)33-8;;;;/h9-18,34H,19H2,1-8H3;3*1H;/q;;;;+3/p-3. The van der Waals surface area contributed by atoms with Crippen LogP contribution < -0.4 is 52.3 Å². The van der Waals surface area contributed by atoms with Crippen molar-refractivity contribution in [3.05, 3.63) is 105 Å². The van der Waals surface area contributed by atoms with Crippen LogP contribution in [0, 0.1) is 27.7 Å². The molecular formula is C32H37Cl3OSiTi. The molecule has 1 aliphatic carbocycles. The van der Waals surface area contributed by atoms with Gasteiger partial charge in [-0.15, -0.1) is 0 Å². The number of halogens is 3. The first-order valence-corrected chi connectivity index (χ1v) is 15.2. The Morgan fingerprint density at radius 3 is 1.61 bits per heavy atom. The maximum atomic E-state index is 5.62. The molecule has 4 rings (SSSR count). The fourth-order valence-electron chi connectivity index (χ4n) is 5.95. The monoisotopic (exact) mass is 618 g/mol. The van der Waals surface area contributed by atoms with Crippen LogP contribution in [0.15, 0.2) is 77.4 Å². The van der Waals surface area contributed by atoms with Gasteiger partial charge in [-0.3, -0.25) is 0 Å². The van der Waals surface area contributed by atoms with Crippen molar-refractivity contribution >= 4 is 24.7 Å². The third-order valence-corrected chi connectivity index (χ3v) is 13.0. The van der Waals surface area contributed by atoms with Crippen molar-refractivity contribution in [2.75, 3.05) is 7.11 Å². The second-order valence-corrected chi connectivity index (χ2v) is 14.7. The summed E-state index contributed by atoms with van der Waals surface area (Å²) in [5.74, 6) is 0.921. The summed E-state index contributed by atoms with van der Waals surface area (Å²) >= 11 is 2.49. The molecule has 3 aromatic rings. The zero-order valence-electron chi connectivity index (χ0n) is 23.6. The zero-order valence-corrected chi connectivity index (χ0v) is 28.6. The second kappa shape index (κ2) is 13.9. The second-order valence-electron chi connectivity index (χ2n) is 10.5. The van der Waals surface area contributed by atoms with Gasteiger partial charge in [0, 0.05) is 0 Å². The minimum absolute atomic E-state index is 0. The molecule has 1 nitrogen and oxygen atoms in total. The maximum Gasteiger partial charge on any atom is -1.00 e. The van der Waals surface area contributed by atoms with E-state index in [-0.39, 0.29) is 40.9 Å².